The Bertz CT molecular complexity index is 2470. The lowest BCUT2D eigenvalue weighted by Gasteiger charge is -2.29. The van der Waals surface area contributed by atoms with E-state index in [2.05, 4.69) is 95.9 Å². The van der Waals surface area contributed by atoms with Gasteiger partial charge >= 0.3 is 0 Å². The Morgan fingerprint density at radius 3 is 1.16 bits per heavy atom. The van der Waals surface area contributed by atoms with E-state index in [1.165, 1.54) is 0 Å². The zero-order valence-electron chi connectivity index (χ0n) is 31.8. The second kappa shape index (κ2) is 13.7. The number of nitrogens with zero attached hydrogens (tertiary/aromatic N) is 1. The Morgan fingerprint density at radius 2 is 0.653 bits per heavy atom. The fraction of sp³-hybridized carbons (Fsp3) is 0. The van der Waals surface area contributed by atoms with Crippen LogP contribution in [0.1, 0.15) is 6.85 Å². The molecular formula is C48H35N. The van der Waals surface area contributed by atoms with Crippen molar-refractivity contribution in [2.75, 3.05) is 4.90 Å². The van der Waals surface area contributed by atoms with Crippen molar-refractivity contribution >= 4 is 17.1 Å². The molecule has 0 heterocycles. The molecule has 0 unspecified atom stereocenters. The van der Waals surface area contributed by atoms with Crippen molar-refractivity contribution in [1.82, 2.24) is 0 Å². The molecule has 0 saturated carbocycles. The Kier molecular flexibility index (Phi) is 6.92. The van der Waals surface area contributed by atoms with E-state index in [-0.39, 0.29) is 29.7 Å². The first-order valence-corrected chi connectivity index (χ1v) is 16.4. The van der Waals surface area contributed by atoms with E-state index in [9.17, 15) is 0 Å². The van der Waals surface area contributed by atoms with Crippen LogP contribution in [0.2, 0.25) is 0 Å². The van der Waals surface area contributed by atoms with Crippen LogP contribution in [0.5, 0.6) is 0 Å². The second-order valence-electron chi connectivity index (χ2n) is 11.8. The van der Waals surface area contributed by atoms with Crippen molar-refractivity contribution < 1.29 is 6.85 Å². The summed E-state index contributed by atoms with van der Waals surface area (Å²) >= 11 is 0. The largest absolute Gasteiger partial charge is 0.310 e. The molecule has 1 nitrogen and oxygen atoms in total. The third kappa shape index (κ3) is 6.18. The van der Waals surface area contributed by atoms with Crippen LogP contribution in [0, 0.1) is 0 Å². The van der Waals surface area contributed by atoms with E-state index in [4.69, 9.17) is 6.85 Å². The predicted molar refractivity (Wildman–Crippen MR) is 208 cm³/mol. The average Bonchev–Trinajstić information content (AvgIpc) is 3.24. The lowest BCUT2D eigenvalue weighted by atomic mass is 9.88. The zero-order valence-corrected chi connectivity index (χ0v) is 26.8. The summed E-state index contributed by atoms with van der Waals surface area (Å²) in [7, 11) is 0. The smallest absolute Gasteiger partial charge is 0.0629 e. The minimum absolute atomic E-state index is 0.179. The molecule has 0 amide bonds. The number of anilines is 3. The molecule has 0 spiro atoms. The van der Waals surface area contributed by atoms with E-state index in [1.807, 2.05) is 91.0 Å². The average molecular weight is 631 g/mol. The van der Waals surface area contributed by atoms with E-state index >= 15 is 0 Å². The second-order valence-corrected chi connectivity index (χ2v) is 11.8. The van der Waals surface area contributed by atoms with Gasteiger partial charge in [-0.15, -0.1) is 0 Å². The van der Waals surface area contributed by atoms with Crippen LogP contribution in [0.3, 0.4) is 0 Å². The minimum atomic E-state index is -0.408. The van der Waals surface area contributed by atoms with Crippen LogP contribution < -0.4 is 4.90 Å². The van der Waals surface area contributed by atoms with E-state index in [1.54, 1.807) is 0 Å². The van der Waals surface area contributed by atoms with Crippen LogP contribution in [-0.4, -0.2) is 0 Å². The van der Waals surface area contributed by atoms with Gasteiger partial charge in [-0.05, 0) is 80.4 Å². The summed E-state index contributed by atoms with van der Waals surface area (Å²) in [6.07, 6.45) is 0. The molecule has 8 aromatic rings. The van der Waals surface area contributed by atoms with E-state index in [0.717, 1.165) is 61.6 Å². The molecular weight excluding hydrogens is 591 g/mol. The van der Waals surface area contributed by atoms with Gasteiger partial charge in [0.1, 0.15) is 0 Å². The quantitative estimate of drug-likeness (QED) is 0.161. The fourth-order valence-electron chi connectivity index (χ4n) is 6.46. The van der Waals surface area contributed by atoms with Crippen LogP contribution in [0.25, 0.3) is 55.6 Å². The van der Waals surface area contributed by atoms with Crippen LogP contribution in [-0.2, 0) is 0 Å². The number of rotatable bonds is 8. The zero-order chi connectivity index (χ0) is 37.2. The standard InChI is InChI=1S/C48H35N/c1-4-16-36(17-5-1)38-28-32-41(33-29-38)49(42-34-30-39(31-35-42)37-18-6-2-7-19-37)48-27-15-14-26-47(48)46-25-13-12-24-45(46)44-23-11-10-22-43(44)40-20-8-3-9-21-40/h1-35H/i3D,8D,9D,20D,21D. The summed E-state index contributed by atoms with van der Waals surface area (Å²) in [5, 5.41) is 0. The molecule has 0 aliphatic heterocycles. The monoisotopic (exact) mass is 630 g/mol. The highest BCUT2D eigenvalue weighted by atomic mass is 15.1. The number of para-hydroxylation sites is 1. The van der Waals surface area contributed by atoms with Gasteiger partial charge < -0.3 is 4.90 Å². The normalized spacial score (nSPS) is 12.3. The van der Waals surface area contributed by atoms with Gasteiger partial charge in [0, 0.05) is 16.9 Å². The summed E-state index contributed by atoms with van der Waals surface area (Å²) in [4.78, 5) is 2.27. The molecule has 0 aliphatic rings. The molecule has 8 rings (SSSR count). The molecule has 0 radical (unpaired) electrons. The van der Waals surface area contributed by atoms with Gasteiger partial charge in [0.25, 0.3) is 0 Å². The molecule has 49 heavy (non-hydrogen) atoms. The van der Waals surface area contributed by atoms with Crippen molar-refractivity contribution in [3.8, 4) is 55.6 Å². The first kappa shape index (κ1) is 24.7. The maximum atomic E-state index is 8.79. The highest BCUT2D eigenvalue weighted by Crippen LogP contribution is 2.45. The van der Waals surface area contributed by atoms with Gasteiger partial charge in [0.15, 0.2) is 0 Å². The molecule has 0 bridgehead atoms. The summed E-state index contributed by atoms with van der Waals surface area (Å²) in [5.41, 5.74) is 11.8. The van der Waals surface area contributed by atoms with Crippen LogP contribution >= 0.6 is 0 Å². The number of hydrogen-bond donors (Lipinski definition) is 0. The summed E-state index contributed by atoms with van der Waals surface area (Å²) < 4.78 is 42.5. The SMILES string of the molecule is [2H]c1c([2H])c([2H])c(-c2ccccc2-c2ccccc2-c2ccccc2N(c2ccc(-c3ccccc3)cc2)c2ccc(-c3ccccc3)cc2)c([2H])c1[2H]. The van der Waals surface area contributed by atoms with Crippen molar-refractivity contribution in [2.45, 2.75) is 0 Å². The summed E-state index contributed by atoms with van der Waals surface area (Å²) in [5.74, 6) is 0. The van der Waals surface area contributed by atoms with Gasteiger partial charge in [-0.1, -0.05) is 182 Å². The van der Waals surface area contributed by atoms with Crippen molar-refractivity contribution in [3.63, 3.8) is 0 Å². The molecule has 0 saturated heterocycles. The number of hydrogen-bond acceptors (Lipinski definition) is 1. The van der Waals surface area contributed by atoms with Gasteiger partial charge in [-0.3, -0.25) is 0 Å². The lowest BCUT2D eigenvalue weighted by molar-refractivity contribution is 1.28. The maximum Gasteiger partial charge on any atom is 0.0629 e. The molecule has 0 aliphatic carbocycles. The summed E-state index contributed by atoms with van der Waals surface area (Å²) in [6, 6.07) is 60.4. The minimum Gasteiger partial charge on any atom is -0.310 e. The Balaban J connectivity index is 1.30. The highest BCUT2D eigenvalue weighted by Gasteiger charge is 2.20. The fourth-order valence-corrected chi connectivity index (χ4v) is 6.46. The molecule has 1 heteroatoms. The molecule has 232 valence electrons. The van der Waals surface area contributed by atoms with Gasteiger partial charge in [-0.2, -0.15) is 0 Å². The predicted octanol–water partition coefficient (Wildman–Crippen LogP) is 13.5. The van der Waals surface area contributed by atoms with Gasteiger partial charge in [0.2, 0.25) is 0 Å². The summed E-state index contributed by atoms with van der Waals surface area (Å²) in [6.45, 7) is 0. The third-order valence-electron chi connectivity index (χ3n) is 8.81. The molecule has 0 N–H and O–H groups in total. The molecule has 8 aromatic carbocycles. The lowest BCUT2D eigenvalue weighted by Crippen LogP contribution is -2.11. The molecule has 0 atom stereocenters. The van der Waals surface area contributed by atoms with Crippen molar-refractivity contribution in [2.24, 2.45) is 0 Å². The van der Waals surface area contributed by atoms with E-state index in [0.29, 0.717) is 5.56 Å². The number of benzene rings is 8. The van der Waals surface area contributed by atoms with Crippen LogP contribution in [0.15, 0.2) is 212 Å². The van der Waals surface area contributed by atoms with Crippen molar-refractivity contribution in [1.29, 1.82) is 0 Å². The third-order valence-corrected chi connectivity index (χ3v) is 8.81. The Labute approximate surface area is 296 Å². The Hall–Kier alpha value is -6.44. The van der Waals surface area contributed by atoms with Crippen molar-refractivity contribution in [3.05, 3.63) is 212 Å². The van der Waals surface area contributed by atoms with Gasteiger partial charge in [0.05, 0.1) is 12.5 Å². The first-order valence-electron chi connectivity index (χ1n) is 18.9. The first-order chi connectivity index (χ1) is 26.4. The maximum absolute atomic E-state index is 8.79. The molecule has 0 fully saturated rings. The van der Waals surface area contributed by atoms with Gasteiger partial charge in [-0.25, -0.2) is 0 Å². The topological polar surface area (TPSA) is 3.24 Å². The van der Waals surface area contributed by atoms with E-state index < -0.39 is 6.04 Å². The van der Waals surface area contributed by atoms with Crippen LogP contribution in [0.4, 0.5) is 17.1 Å². The molecule has 0 aromatic heterocycles. The highest BCUT2D eigenvalue weighted by molar-refractivity contribution is 5.97. The Morgan fingerprint density at radius 1 is 0.286 bits per heavy atom.